The Morgan fingerprint density at radius 1 is 1.02 bits per heavy atom. The van der Waals surface area contributed by atoms with Crippen molar-refractivity contribution in [2.75, 3.05) is 41.3 Å². The van der Waals surface area contributed by atoms with Gasteiger partial charge in [0.05, 0.1) is 11.8 Å². The van der Waals surface area contributed by atoms with Gasteiger partial charge in [0.25, 0.3) is 5.91 Å². The predicted octanol–water partition coefficient (Wildman–Crippen LogP) is 5.61. The number of aromatic nitrogens is 1. The quantitative estimate of drug-likeness (QED) is 0.186. The third kappa shape index (κ3) is 8.77. The first-order chi connectivity index (χ1) is 22.1. The molecule has 4 aromatic rings. The molecule has 0 saturated carbocycles. The Balaban J connectivity index is 1.19. The second-order valence-electron chi connectivity index (χ2n) is 10.9. The first-order valence-electron chi connectivity index (χ1n) is 14.7. The molecule has 1 aliphatic heterocycles. The molecule has 1 saturated heterocycles. The molecule has 0 aliphatic carbocycles. The molecule has 5 rings (SSSR count). The van der Waals surface area contributed by atoms with Crippen LogP contribution < -0.4 is 25.0 Å². The van der Waals surface area contributed by atoms with Gasteiger partial charge in [-0.2, -0.15) is 0 Å². The fourth-order valence-corrected chi connectivity index (χ4v) is 6.20. The van der Waals surface area contributed by atoms with Crippen molar-refractivity contribution in [1.82, 2.24) is 15.2 Å². The SMILES string of the molecule is CNC(=O)c1cc(NC(=S)N(c2ccccc2)C2CCN(Cc3ccc(Oc4ccc(NS(C)(=O)=O)cc4)nc3)CC2)ccc1F. The molecule has 240 valence electrons. The minimum Gasteiger partial charge on any atom is -0.439 e. The van der Waals surface area contributed by atoms with Gasteiger partial charge in [0.15, 0.2) is 5.11 Å². The number of para-hydroxylation sites is 1. The molecule has 13 heteroatoms. The van der Waals surface area contributed by atoms with Crippen molar-refractivity contribution < 1.29 is 22.3 Å². The molecular weight excluding hydrogens is 628 g/mol. The number of carbonyl (C=O) groups excluding carboxylic acids is 1. The van der Waals surface area contributed by atoms with E-state index < -0.39 is 21.7 Å². The molecule has 2 heterocycles. The highest BCUT2D eigenvalue weighted by Gasteiger charge is 2.28. The van der Waals surface area contributed by atoms with Crippen molar-refractivity contribution in [3.05, 3.63) is 108 Å². The van der Waals surface area contributed by atoms with E-state index in [9.17, 15) is 17.6 Å². The number of pyridine rings is 1. The van der Waals surface area contributed by atoms with Crippen LogP contribution >= 0.6 is 12.2 Å². The summed E-state index contributed by atoms with van der Waals surface area (Å²) in [6, 6.07) is 24.7. The normalized spacial score (nSPS) is 13.9. The average molecular weight is 663 g/mol. The van der Waals surface area contributed by atoms with Crippen LogP contribution in [0.1, 0.15) is 28.8 Å². The molecule has 1 fully saturated rings. The van der Waals surface area contributed by atoms with Crippen molar-refractivity contribution >= 4 is 50.3 Å². The molecule has 1 aliphatic rings. The highest BCUT2D eigenvalue weighted by atomic mass is 32.2. The fraction of sp³-hybridized carbons (Fsp3) is 0.242. The molecule has 1 amide bonds. The number of nitrogens with one attached hydrogen (secondary N) is 3. The van der Waals surface area contributed by atoms with Crippen LogP contribution in [-0.2, 0) is 16.6 Å². The van der Waals surface area contributed by atoms with Crippen LogP contribution in [-0.4, -0.2) is 61.8 Å². The van der Waals surface area contributed by atoms with Gasteiger partial charge in [-0.15, -0.1) is 0 Å². The number of piperidine rings is 1. The number of amides is 1. The maximum absolute atomic E-state index is 14.2. The lowest BCUT2D eigenvalue weighted by Gasteiger charge is -2.40. The summed E-state index contributed by atoms with van der Waals surface area (Å²) in [6.45, 7) is 2.43. The van der Waals surface area contributed by atoms with Crippen molar-refractivity contribution in [2.45, 2.75) is 25.4 Å². The van der Waals surface area contributed by atoms with E-state index in [-0.39, 0.29) is 11.6 Å². The van der Waals surface area contributed by atoms with E-state index in [0.717, 1.165) is 50.0 Å². The van der Waals surface area contributed by atoms with Crippen molar-refractivity contribution in [2.24, 2.45) is 0 Å². The highest BCUT2D eigenvalue weighted by Crippen LogP contribution is 2.27. The maximum atomic E-state index is 14.2. The van der Waals surface area contributed by atoms with E-state index in [4.69, 9.17) is 17.0 Å². The topological polar surface area (TPSA) is 116 Å². The van der Waals surface area contributed by atoms with Gasteiger partial charge in [-0.25, -0.2) is 17.8 Å². The van der Waals surface area contributed by atoms with E-state index >= 15 is 0 Å². The van der Waals surface area contributed by atoms with Gasteiger partial charge in [0.1, 0.15) is 11.6 Å². The zero-order chi connectivity index (χ0) is 32.7. The fourth-order valence-electron chi connectivity index (χ4n) is 5.26. The minimum absolute atomic E-state index is 0.0536. The lowest BCUT2D eigenvalue weighted by atomic mass is 10.0. The first-order valence-corrected chi connectivity index (χ1v) is 17.0. The van der Waals surface area contributed by atoms with E-state index in [0.29, 0.717) is 28.1 Å². The van der Waals surface area contributed by atoms with Gasteiger partial charge >= 0.3 is 0 Å². The summed E-state index contributed by atoms with van der Waals surface area (Å²) in [6.07, 6.45) is 4.62. The number of hydrogen-bond acceptors (Lipinski definition) is 7. The van der Waals surface area contributed by atoms with Gasteiger partial charge in [-0.3, -0.25) is 14.4 Å². The van der Waals surface area contributed by atoms with Crippen molar-refractivity contribution in [3.63, 3.8) is 0 Å². The molecule has 0 radical (unpaired) electrons. The number of anilines is 3. The lowest BCUT2D eigenvalue weighted by Crippen LogP contribution is -2.49. The van der Waals surface area contributed by atoms with E-state index in [2.05, 4.69) is 30.1 Å². The summed E-state index contributed by atoms with van der Waals surface area (Å²) >= 11 is 5.87. The zero-order valence-electron chi connectivity index (χ0n) is 25.4. The lowest BCUT2D eigenvalue weighted by molar-refractivity contribution is 0.0959. The Hall–Kier alpha value is -4.59. The van der Waals surface area contributed by atoms with Gasteiger partial charge in [-0.1, -0.05) is 24.3 Å². The Morgan fingerprint density at radius 3 is 2.35 bits per heavy atom. The van der Waals surface area contributed by atoms with E-state index in [1.165, 1.54) is 19.2 Å². The Labute approximate surface area is 273 Å². The molecule has 0 spiro atoms. The van der Waals surface area contributed by atoms with Gasteiger partial charge < -0.3 is 20.3 Å². The number of nitrogens with zero attached hydrogens (tertiary/aromatic N) is 3. The van der Waals surface area contributed by atoms with Crippen molar-refractivity contribution in [3.8, 4) is 11.6 Å². The molecule has 3 N–H and O–H groups in total. The number of thiocarbonyl (C=S) groups is 1. The molecule has 3 aromatic carbocycles. The second kappa shape index (κ2) is 14.7. The summed E-state index contributed by atoms with van der Waals surface area (Å²) in [5.41, 5.74) is 2.94. The largest absolute Gasteiger partial charge is 0.439 e. The number of ether oxygens (including phenoxy) is 1. The molecule has 46 heavy (non-hydrogen) atoms. The van der Waals surface area contributed by atoms with Crippen LogP contribution in [0, 0.1) is 5.82 Å². The molecular formula is C33H35FN6O4S2. The third-order valence-corrected chi connectivity index (χ3v) is 8.35. The Kier molecular flexibility index (Phi) is 10.5. The molecule has 0 bridgehead atoms. The first kappa shape index (κ1) is 32.8. The second-order valence-corrected chi connectivity index (χ2v) is 13.1. The molecule has 10 nitrogen and oxygen atoms in total. The Morgan fingerprint density at radius 2 is 1.72 bits per heavy atom. The van der Waals surface area contributed by atoms with Crippen molar-refractivity contribution in [1.29, 1.82) is 0 Å². The van der Waals surface area contributed by atoms with Crippen LogP contribution in [0.4, 0.5) is 21.5 Å². The molecule has 0 unspecified atom stereocenters. The monoisotopic (exact) mass is 662 g/mol. The summed E-state index contributed by atoms with van der Waals surface area (Å²) in [5.74, 6) is -0.123. The maximum Gasteiger partial charge on any atom is 0.254 e. The third-order valence-electron chi connectivity index (χ3n) is 7.45. The van der Waals surface area contributed by atoms with Gasteiger partial charge in [0.2, 0.25) is 15.9 Å². The van der Waals surface area contributed by atoms with Crippen LogP contribution in [0.3, 0.4) is 0 Å². The number of hydrogen-bond donors (Lipinski definition) is 3. The van der Waals surface area contributed by atoms with Crippen LogP contribution in [0.15, 0.2) is 91.1 Å². The predicted molar refractivity (Wildman–Crippen MR) is 182 cm³/mol. The number of benzene rings is 3. The highest BCUT2D eigenvalue weighted by molar-refractivity contribution is 7.92. The standard InChI is InChI=1S/C33H35FN6O4S2/c1-35-32(41)29-20-25(11-14-30(29)34)37-33(45)40(26-6-4-3-5-7-26)27-16-18-39(19-17-27)22-23-8-15-31(36-21-23)44-28-12-9-24(10-13-28)38-46(2,42)43/h3-15,20-21,27,38H,16-19,22H2,1-2H3,(H,35,41)(H,37,45). The smallest absolute Gasteiger partial charge is 0.254 e. The van der Waals surface area contributed by atoms with E-state index in [1.54, 1.807) is 36.5 Å². The number of halogens is 1. The molecule has 0 atom stereocenters. The minimum atomic E-state index is -3.35. The summed E-state index contributed by atoms with van der Waals surface area (Å²) in [4.78, 5) is 21.0. The van der Waals surface area contributed by atoms with E-state index in [1.807, 2.05) is 42.5 Å². The van der Waals surface area contributed by atoms with Crippen LogP contribution in [0.5, 0.6) is 11.6 Å². The van der Waals surface area contributed by atoms with Gasteiger partial charge in [0, 0.05) is 62.0 Å². The summed E-state index contributed by atoms with van der Waals surface area (Å²) in [7, 11) is -1.89. The number of likely N-dealkylation sites (tertiary alicyclic amines) is 1. The molecule has 1 aromatic heterocycles. The van der Waals surface area contributed by atoms with Crippen LogP contribution in [0.2, 0.25) is 0 Å². The summed E-state index contributed by atoms with van der Waals surface area (Å²) < 4.78 is 45.3. The summed E-state index contributed by atoms with van der Waals surface area (Å²) in [5, 5.41) is 6.15. The van der Waals surface area contributed by atoms with Gasteiger partial charge in [-0.05, 0) is 85.2 Å². The number of rotatable bonds is 10. The zero-order valence-corrected chi connectivity index (χ0v) is 27.1. The van der Waals surface area contributed by atoms with Crippen LogP contribution in [0.25, 0.3) is 0 Å². The average Bonchev–Trinajstić information content (AvgIpc) is 3.04. The number of carbonyl (C=O) groups is 1. The number of sulfonamides is 1. The Bertz CT molecular complexity index is 1770.